The fourth-order valence-corrected chi connectivity index (χ4v) is 3.45. The highest BCUT2D eigenvalue weighted by Gasteiger charge is 2.40. The molecular weight excluding hydrogens is 398 g/mol. The van der Waals surface area contributed by atoms with Crippen molar-refractivity contribution >= 4 is 28.8 Å². The third kappa shape index (κ3) is 3.72. The van der Waals surface area contributed by atoms with Gasteiger partial charge in [-0.2, -0.15) is 0 Å². The molecule has 4 rings (SSSR count). The number of halogens is 2. The molecule has 0 aliphatic carbocycles. The lowest BCUT2D eigenvalue weighted by molar-refractivity contribution is -0.120. The molecule has 0 atom stereocenters. The third-order valence-electron chi connectivity index (χ3n) is 5.36. The van der Waals surface area contributed by atoms with Crippen LogP contribution >= 0.6 is 0 Å². The summed E-state index contributed by atoms with van der Waals surface area (Å²) < 4.78 is 27.1. The van der Waals surface area contributed by atoms with E-state index in [9.17, 15) is 18.4 Å². The molecule has 0 spiro atoms. The molecule has 1 heterocycles. The largest absolute Gasteiger partial charge is 0.350 e. The molecule has 3 aromatic carbocycles. The first kappa shape index (κ1) is 20.5. The van der Waals surface area contributed by atoms with Crippen molar-refractivity contribution in [2.24, 2.45) is 0 Å². The Bertz CT molecular complexity index is 1250. The number of hydrogen-bond donors (Lipinski definition) is 1. The molecule has 2 amide bonds. The zero-order chi connectivity index (χ0) is 22.3. The van der Waals surface area contributed by atoms with Crippen LogP contribution in [0.25, 0.3) is 5.57 Å². The second-order valence-electron chi connectivity index (χ2n) is 7.58. The van der Waals surface area contributed by atoms with E-state index in [4.69, 9.17) is 0 Å². The molecular formula is C25H20F2N2O2. The maximum atomic E-state index is 13.7. The van der Waals surface area contributed by atoms with E-state index in [-0.39, 0.29) is 17.0 Å². The van der Waals surface area contributed by atoms with Crippen molar-refractivity contribution in [2.45, 2.75) is 20.8 Å². The molecule has 0 fully saturated rings. The molecule has 0 unspecified atom stereocenters. The van der Waals surface area contributed by atoms with Gasteiger partial charge < -0.3 is 5.32 Å². The molecule has 4 nitrogen and oxygen atoms in total. The van der Waals surface area contributed by atoms with Crippen LogP contribution in [0.3, 0.4) is 0 Å². The maximum absolute atomic E-state index is 13.7. The molecule has 0 aromatic heterocycles. The summed E-state index contributed by atoms with van der Waals surface area (Å²) in [6.07, 6.45) is 0. The van der Waals surface area contributed by atoms with Crippen LogP contribution in [0.4, 0.5) is 20.2 Å². The van der Waals surface area contributed by atoms with E-state index in [1.807, 2.05) is 39.0 Å². The number of anilines is 2. The Morgan fingerprint density at radius 2 is 1.45 bits per heavy atom. The summed E-state index contributed by atoms with van der Waals surface area (Å²) in [4.78, 5) is 27.8. The third-order valence-corrected chi connectivity index (χ3v) is 5.36. The predicted molar refractivity (Wildman–Crippen MR) is 116 cm³/mol. The number of imide groups is 1. The van der Waals surface area contributed by atoms with Crippen molar-refractivity contribution in [3.05, 3.63) is 100 Å². The van der Waals surface area contributed by atoms with Crippen molar-refractivity contribution in [3.63, 3.8) is 0 Å². The Hall–Kier alpha value is -3.80. The van der Waals surface area contributed by atoms with Gasteiger partial charge in [-0.3, -0.25) is 9.59 Å². The van der Waals surface area contributed by atoms with Gasteiger partial charge in [-0.25, -0.2) is 13.7 Å². The monoisotopic (exact) mass is 418 g/mol. The SMILES string of the molecule is Cc1ccc(C2=C(Nc3ccc(F)c(F)c3)C(=O)N(c3ccc(C)c(C)c3)C2=O)cc1. The molecule has 156 valence electrons. The number of rotatable bonds is 4. The highest BCUT2D eigenvalue weighted by molar-refractivity contribution is 6.46. The summed E-state index contributed by atoms with van der Waals surface area (Å²) in [5.41, 5.74) is 4.34. The van der Waals surface area contributed by atoms with Crippen LogP contribution in [0, 0.1) is 32.4 Å². The van der Waals surface area contributed by atoms with Gasteiger partial charge in [-0.15, -0.1) is 0 Å². The molecule has 1 N–H and O–H groups in total. The summed E-state index contributed by atoms with van der Waals surface area (Å²) >= 11 is 0. The molecule has 0 saturated heterocycles. The summed E-state index contributed by atoms with van der Waals surface area (Å²) in [6, 6.07) is 15.8. The van der Waals surface area contributed by atoms with Crippen molar-refractivity contribution < 1.29 is 18.4 Å². The standard InChI is InChI=1S/C25H20F2N2O2/c1-14-4-7-17(8-5-14)22-23(28-18-9-11-20(26)21(27)13-18)25(31)29(24(22)30)19-10-6-15(2)16(3)12-19/h4-13,28H,1-3H3. The number of carbonyl (C=O) groups excluding carboxylic acids is 2. The summed E-state index contributed by atoms with van der Waals surface area (Å²) in [5.74, 6) is -3.09. The molecule has 3 aromatic rings. The lowest BCUT2D eigenvalue weighted by Gasteiger charge is -2.17. The minimum atomic E-state index is -1.05. The van der Waals surface area contributed by atoms with Crippen molar-refractivity contribution in [1.82, 2.24) is 0 Å². The van der Waals surface area contributed by atoms with Gasteiger partial charge in [-0.05, 0) is 61.7 Å². The Kier molecular flexibility index (Phi) is 5.15. The first-order valence-corrected chi connectivity index (χ1v) is 9.75. The van der Waals surface area contributed by atoms with Crippen LogP contribution < -0.4 is 10.2 Å². The highest BCUT2D eigenvalue weighted by atomic mass is 19.2. The van der Waals surface area contributed by atoms with Crippen molar-refractivity contribution in [2.75, 3.05) is 10.2 Å². The van der Waals surface area contributed by atoms with Gasteiger partial charge >= 0.3 is 0 Å². The molecule has 1 aliphatic heterocycles. The van der Waals surface area contributed by atoms with Crippen LogP contribution in [-0.2, 0) is 9.59 Å². The number of amides is 2. The van der Waals surface area contributed by atoms with E-state index in [2.05, 4.69) is 5.32 Å². The average molecular weight is 418 g/mol. The van der Waals surface area contributed by atoms with Gasteiger partial charge in [0.15, 0.2) is 11.6 Å². The molecule has 0 radical (unpaired) electrons. The minimum absolute atomic E-state index is 0.0121. The average Bonchev–Trinajstić information content (AvgIpc) is 2.97. The van der Waals surface area contributed by atoms with Gasteiger partial charge in [0.2, 0.25) is 0 Å². The molecule has 1 aliphatic rings. The topological polar surface area (TPSA) is 49.4 Å². The molecule has 0 bridgehead atoms. The lowest BCUT2D eigenvalue weighted by Crippen LogP contribution is -2.32. The van der Waals surface area contributed by atoms with Crippen LogP contribution in [-0.4, -0.2) is 11.8 Å². The van der Waals surface area contributed by atoms with E-state index in [1.165, 1.54) is 6.07 Å². The van der Waals surface area contributed by atoms with Crippen LogP contribution in [0.15, 0.2) is 66.4 Å². The number of benzene rings is 3. The molecule has 6 heteroatoms. The Balaban J connectivity index is 1.83. The van der Waals surface area contributed by atoms with Crippen molar-refractivity contribution in [3.8, 4) is 0 Å². The van der Waals surface area contributed by atoms with Gasteiger partial charge in [0.05, 0.1) is 11.3 Å². The summed E-state index contributed by atoms with van der Waals surface area (Å²) in [5, 5.41) is 2.84. The van der Waals surface area contributed by atoms with E-state index in [1.54, 1.807) is 24.3 Å². The highest BCUT2D eigenvalue weighted by Crippen LogP contribution is 2.34. The maximum Gasteiger partial charge on any atom is 0.282 e. The number of aryl methyl sites for hydroxylation is 3. The van der Waals surface area contributed by atoms with Gasteiger partial charge in [0, 0.05) is 11.8 Å². The second kappa shape index (κ2) is 7.80. The molecule has 31 heavy (non-hydrogen) atoms. The Labute approximate surface area is 178 Å². The lowest BCUT2D eigenvalue weighted by atomic mass is 10.0. The quantitative estimate of drug-likeness (QED) is 0.586. The van der Waals surface area contributed by atoms with E-state index in [0.717, 1.165) is 33.7 Å². The van der Waals surface area contributed by atoms with E-state index in [0.29, 0.717) is 11.3 Å². The Morgan fingerprint density at radius 3 is 2.10 bits per heavy atom. The summed E-state index contributed by atoms with van der Waals surface area (Å²) in [6.45, 7) is 5.76. The summed E-state index contributed by atoms with van der Waals surface area (Å²) in [7, 11) is 0. The fourth-order valence-electron chi connectivity index (χ4n) is 3.45. The number of carbonyl (C=O) groups is 2. The minimum Gasteiger partial charge on any atom is -0.350 e. The first-order valence-electron chi connectivity index (χ1n) is 9.75. The fraction of sp³-hybridized carbons (Fsp3) is 0.120. The molecule has 0 saturated carbocycles. The van der Waals surface area contributed by atoms with Crippen LogP contribution in [0.5, 0.6) is 0 Å². The van der Waals surface area contributed by atoms with Crippen LogP contribution in [0.1, 0.15) is 22.3 Å². The Morgan fingerprint density at radius 1 is 0.742 bits per heavy atom. The second-order valence-corrected chi connectivity index (χ2v) is 7.58. The zero-order valence-electron chi connectivity index (χ0n) is 17.3. The van der Waals surface area contributed by atoms with E-state index >= 15 is 0 Å². The number of hydrogen-bond acceptors (Lipinski definition) is 3. The predicted octanol–water partition coefficient (Wildman–Crippen LogP) is 5.29. The van der Waals surface area contributed by atoms with Gasteiger partial charge in [0.25, 0.3) is 11.8 Å². The van der Waals surface area contributed by atoms with Crippen LogP contribution in [0.2, 0.25) is 0 Å². The number of nitrogens with zero attached hydrogens (tertiary/aromatic N) is 1. The zero-order valence-corrected chi connectivity index (χ0v) is 17.3. The first-order chi connectivity index (χ1) is 14.8. The number of nitrogens with one attached hydrogen (secondary N) is 1. The van der Waals surface area contributed by atoms with Gasteiger partial charge in [-0.1, -0.05) is 35.9 Å². The smallest absolute Gasteiger partial charge is 0.282 e. The van der Waals surface area contributed by atoms with Gasteiger partial charge in [0.1, 0.15) is 5.70 Å². The normalized spacial score (nSPS) is 13.9. The van der Waals surface area contributed by atoms with Crippen molar-refractivity contribution in [1.29, 1.82) is 0 Å². The van der Waals surface area contributed by atoms with E-state index < -0.39 is 23.4 Å².